The molecule has 0 aromatic heterocycles. The Bertz CT molecular complexity index is 760. The minimum Gasteiger partial charge on any atom is -0.316 e. The predicted molar refractivity (Wildman–Crippen MR) is 97.1 cm³/mol. The third-order valence-electron chi connectivity index (χ3n) is 5.31. The molecule has 1 saturated carbocycles. The summed E-state index contributed by atoms with van der Waals surface area (Å²) in [7, 11) is 0. The monoisotopic (exact) mass is 334 g/mol. The molecule has 2 aromatic rings. The standard InChI is InChI=1S/C21H22N2O2/c24-20-18-13-7-8-14-19(18)22(15-16-9-3-1-4-10-16)21(25)23(20)17-11-5-2-6-12-17/h1-6,9-12,18-19H,7-8,13-15H2. The van der Waals surface area contributed by atoms with Gasteiger partial charge in [0.1, 0.15) is 0 Å². The third-order valence-corrected chi connectivity index (χ3v) is 5.31. The van der Waals surface area contributed by atoms with Gasteiger partial charge in [-0.15, -0.1) is 0 Å². The maximum absolute atomic E-state index is 13.2. The number of hydrogen-bond acceptors (Lipinski definition) is 2. The lowest BCUT2D eigenvalue weighted by Gasteiger charge is -2.46. The molecular formula is C21H22N2O2. The average Bonchev–Trinajstić information content (AvgIpc) is 2.67. The van der Waals surface area contributed by atoms with Crippen molar-refractivity contribution < 1.29 is 9.59 Å². The van der Waals surface area contributed by atoms with Crippen molar-refractivity contribution >= 4 is 17.6 Å². The van der Waals surface area contributed by atoms with Crippen LogP contribution in [0.15, 0.2) is 60.7 Å². The van der Waals surface area contributed by atoms with Gasteiger partial charge in [0.25, 0.3) is 0 Å². The zero-order valence-corrected chi connectivity index (χ0v) is 14.2. The molecule has 1 heterocycles. The van der Waals surface area contributed by atoms with E-state index >= 15 is 0 Å². The van der Waals surface area contributed by atoms with Crippen molar-refractivity contribution in [2.45, 2.75) is 38.3 Å². The van der Waals surface area contributed by atoms with E-state index in [-0.39, 0.29) is 23.9 Å². The van der Waals surface area contributed by atoms with Crippen LogP contribution in [0.25, 0.3) is 0 Å². The third kappa shape index (κ3) is 2.93. The zero-order chi connectivity index (χ0) is 17.2. The number of amides is 3. The predicted octanol–water partition coefficient (Wildman–Crippen LogP) is 4.21. The lowest BCUT2D eigenvalue weighted by Crippen LogP contribution is -2.62. The lowest BCUT2D eigenvalue weighted by molar-refractivity contribution is -0.126. The number of nitrogens with zero attached hydrogens (tertiary/aromatic N) is 2. The van der Waals surface area contributed by atoms with E-state index in [4.69, 9.17) is 0 Å². The minimum atomic E-state index is -0.191. The maximum Gasteiger partial charge on any atom is 0.331 e. The second-order valence-electron chi connectivity index (χ2n) is 6.86. The first-order chi connectivity index (χ1) is 12.3. The molecule has 128 valence electrons. The smallest absolute Gasteiger partial charge is 0.316 e. The number of urea groups is 1. The van der Waals surface area contributed by atoms with Gasteiger partial charge in [0.15, 0.2) is 0 Å². The van der Waals surface area contributed by atoms with E-state index in [1.807, 2.05) is 65.6 Å². The number of imide groups is 1. The van der Waals surface area contributed by atoms with Gasteiger partial charge in [-0.25, -0.2) is 9.69 Å². The summed E-state index contributed by atoms with van der Waals surface area (Å²) in [6, 6.07) is 19.1. The van der Waals surface area contributed by atoms with Crippen LogP contribution in [-0.2, 0) is 11.3 Å². The molecule has 2 unspecified atom stereocenters. The summed E-state index contributed by atoms with van der Waals surface area (Å²) in [5.41, 5.74) is 1.77. The number of hydrogen-bond donors (Lipinski definition) is 0. The molecule has 2 aromatic carbocycles. The van der Waals surface area contributed by atoms with Crippen molar-refractivity contribution in [1.82, 2.24) is 4.90 Å². The van der Waals surface area contributed by atoms with Gasteiger partial charge in [0.05, 0.1) is 11.6 Å². The largest absolute Gasteiger partial charge is 0.331 e. The first-order valence-electron chi connectivity index (χ1n) is 8.99. The number of anilines is 1. The second-order valence-corrected chi connectivity index (χ2v) is 6.86. The molecule has 0 bridgehead atoms. The van der Waals surface area contributed by atoms with Gasteiger partial charge in [0, 0.05) is 12.6 Å². The van der Waals surface area contributed by atoms with Gasteiger partial charge in [0.2, 0.25) is 5.91 Å². The van der Waals surface area contributed by atoms with Gasteiger partial charge in [-0.1, -0.05) is 61.4 Å². The first kappa shape index (κ1) is 15.9. The molecule has 3 amide bonds. The second kappa shape index (κ2) is 6.71. The molecule has 4 heteroatoms. The molecule has 1 aliphatic carbocycles. The summed E-state index contributed by atoms with van der Waals surface area (Å²) in [6.07, 6.45) is 3.92. The molecule has 1 aliphatic heterocycles. The Balaban J connectivity index is 1.70. The van der Waals surface area contributed by atoms with Crippen LogP contribution in [0, 0.1) is 5.92 Å². The fourth-order valence-electron chi connectivity index (χ4n) is 4.08. The van der Waals surface area contributed by atoms with Crippen LogP contribution < -0.4 is 4.90 Å². The van der Waals surface area contributed by atoms with Crippen molar-refractivity contribution in [2.24, 2.45) is 5.92 Å². The van der Waals surface area contributed by atoms with Crippen molar-refractivity contribution in [2.75, 3.05) is 4.90 Å². The molecule has 4 rings (SSSR count). The first-order valence-corrected chi connectivity index (χ1v) is 8.99. The molecule has 0 radical (unpaired) electrons. The van der Waals surface area contributed by atoms with Crippen LogP contribution in [0.5, 0.6) is 0 Å². The Morgan fingerprint density at radius 3 is 2.20 bits per heavy atom. The molecule has 2 aliphatic rings. The summed E-state index contributed by atoms with van der Waals surface area (Å²) in [4.78, 5) is 29.6. The van der Waals surface area contributed by atoms with Gasteiger partial charge in [-0.05, 0) is 30.5 Å². The number of benzene rings is 2. The summed E-state index contributed by atoms with van der Waals surface area (Å²) in [5.74, 6) is -0.124. The van der Waals surface area contributed by atoms with E-state index in [0.29, 0.717) is 12.2 Å². The Morgan fingerprint density at radius 2 is 1.48 bits per heavy atom. The molecule has 2 atom stereocenters. The quantitative estimate of drug-likeness (QED) is 0.843. The van der Waals surface area contributed by atoms with Gasteiger partial charge >= 0.3 is 6.03 Å². The van der Waals surface area contributed by atoms with Crippen LogP contribution in [0.2, 0.25) is 0 Å². The average molecular weight is 334 g/mol. The number of rotatable bonds is 3. The Kier molecular flexibility index (Phi) is 4.26. The molecule has 1 saturated heterocycles. The van der Waals surface area contributed by atoms with Gasteiger partial charge < -0.3 is 4.90 Å². The van der Waals surface area contributed by atoms with E-state index in [0.717, 1.165) is 31.2 Å². The molecular weight excluding hydrogens is 312 g/mol. The summed E-state index contributed by atoms with van der Waals surface area (Å²) >= 11 is 0. The summed E-state index contributed by atoms with van der Waals surface area (Å²) in [6.45, 7) is 0.553. The zero-order valence-electron chi connectivity index (χ0n) is 14.2. The highest BCUT2D eigenvalue weighted by molar-refractivity contribution is 6.17. The fourth-order valence-corrected chi connectivity index (χ4v) is 4.08. The highest BCUT2D eigenvalue weighted by Crippen LogP contribution is 2.37. The Morgan fingerprint density at radius 1 is 0.840 bits per heavy atom. The van der Waals surface area contributed by atoms with Gasteiger partial charge in [-0.3, -0.25) is 4.79 Å². The topological polar surface area (TPSA) is 40.6 Å². The van der Waals surface area contributed by atoms with Crippen molar-refractivity contribution in [1.29, 1.82) is 0 Å². The molecule has 2 fully saturated rings. The van der Waals surface area contributed by atoms with Gasteiger partial charge in [-0.2, -0.15) is 0 Å². The number of carbonyl (C=O) groups excluding carboxylic acids is 2. The molecule has 0 spiro atoms. The number of para-hydroxylation sites is 1. The minimum absolute atomic E-state index is 0.0221. The highest BCUT2D eigenvalue weighted by atomic mass is 16.2. The lowest BCUT2D eigenvalue weighted by atomic mass is 9.81. The van der Waals surface area contributed by atoms with E-state index in [1.54, 1.807) is 0 Å². The molecule has 0 N–H and O–H groups in total. The van der Waals surface area contributed by atoms with Crippen molar-refractivity contribution in [3.8, 4) is 0 Å². The summed E-state index contributed by atoms with van der Waals surface area (Å²) in [5, 5.41) is 0. The number of carbonyl (C=O) groups is 2. The fraction of sp³-hybridized carbons (Fsp3) is 0.333. The molecule has 4 nitrogen and oxygen atoms in total. The normalized spacial score (nSPS) is 23.5. The van der Waals surface area contributed by atoms with E-state index < -0.39 is 0 Å². The Labute approximate surface area is 148 Å². The highest BCUT2D eigenvalue weighted by Gasteiger charge is 2.47. The van der Waals surface area contributed by atoms with Crippen LogP contribution in [0.4, 0.5) is 10.5 Å². The summed E-state index contributed by atoms with van der Waals surface area (Å²) < 4.78 is 0. The van der Waals surface area contributed by atoms with E-state index in [1.165, 1.54) is 4.90 Å². The van der Waals surface area contributed by atoms with Crippen LogP contribution >= 0.6 is 0 Å². The Hall–Kier alpha value is -2.62. The molecule has 25 heavy (non-hydrogen) atoms. The maximum atomic E-state index is 13.2. The van der Waals surface area contributed by atoms with E-state index in [9.17, 15) is 9.59 Å². The van der Waals surface area contributed by atoms with Crippen LogP contribution in [0.1, 0.15) is 31.2 Å². The van der Waals surface area contributed by atoms with Crippen LogP contribution in [0.3, 0.4) is 0 Å². The number of fused-ring (bicyclic) bond motifs is 1. The SMILES string of the molecule is O=C1C2CCCCC2N(Cc2ccccc2)C(=O)N1c1ccccc1. The van der Waals surface area contributed by atoms with Crippen molar-refractivity contribution in [3.05, 3.63) is 66.2 Å². The van der Waals surface area contributed by atoms with Crippen LogP contribution in [-0.4, -0.2) is 22.9 Å². The van der Waals surface area contributed by atoms with Crippen molar-refractivity contribution in [3.63, 3.8) is 0 Å². The van der Waals surface area contributed by atoms with E-state index in [2.05, 4.69) is 0 Å².